The predicted octanol–water partition coefficient (Wildman–Crippen LogP) is 3.38. The van der Waals surface area contributed by atoms with Crippen molar-refractivity contribution >= 4 is 56.0 Å². The zero-order chi connectivity index (χ0) is 13.5. The van der Waals surface area contributed by atoms with Gasteiger partial charge in [-0.2, -0.15) is 0 Å². The zero-order valence-electron chi connectivity index (χ0n) is 9.96. The number of carbonyl (C=O) groups is 1. The van der Waals surface area contributed by atoms with Crippen LogP contribution < -0.4 is 0 Å². The molecule has 0 unspecified atom stereocenters. The fourth-order valence-electron chi connectivity index (χ4n) is 1.33. The average Bonchev–Trinajstić information content (AvgIpc) is 2.36. The van der Waals surface area contributed by atoms with Gasteiger partial charge in [0.2, 0.25) is 0 Å². The van der Waals surface area contributed by atoms with Crippen LogP contribution in [-0.2, 0) is 4.74 Å². The van der Waals surface area contributed by atoms with Crippen molar-refractivity contribution in [3.8, 4) is 0 Å². The van der Waals surface area contributed by atoms with E-state index in [-0.39, 0.29) is 5.91 Å². The molecule has 0 saturated carbocycles. The van der Waals surface area contributed by atoms with Crippen LogP contribution >= 0.6 is 50.1 Å². The van der Waals surface area contributed by atoms with E-state index in [1.165, 1.54) is 0 Å². The van der Waals surface area contributed by atoms with Gasteiger partial charge in [-0.3, -0.25) is 4.79 Å². The maximum atomic E-state index is 12.2. The lowest BCUT2D eigenvalue weighted by molar-refractivity contribution is 0.0711. The maximum absolute atomic E-state index is 12.2. The number of hydrogen-bond donors (Lipinski definition) is 0. The molecule has 100 valence electrons. The van der Waals surface area contributed by atoms with Crippen LogP contribution in [0.4, 0.5) is 0 Å². The molecule has 3 nitrogen and oxygen atoms in total. The highest BCUT2D eigenvalue weighted by Crippen LogP contribution is 2.20. The van der Waals surface area contributed by atoms with E-state index in [1.54, 1.807) is 11.9 Å². The molecule has 0 heterocycles. The fraction of sp³-hybridized carbons (Fsp3) is 0.417. The Morgan fingerprint density at radius 3 is 2.89 bits per heavy atom. The highest BCUT2D eigenvalue weighted by molar-refractivity contribution is 14.1. The van der Waals surface area contributed by atoms with Gasteiger partial charge in [0.1, 0.15) is 0 Å². The first-order valence-electron chi connectivity index (χ1n) is 5.40. The Kier molecular flexibility index (Phi) is 7.51. The average molecular weight is 447 g/mol. The number of nitrogens with zero attached hydrogens (tertiary/aromatic N) is 1. The van der Waals surface area contributed by atoms with Gasteiger partial charge in [-0.05, 0) is 56.7 Å². The Bertz CT molecular complexity index is 417. The first-order chi connectivity index (χ1) is 8.56. The van der Waals surface area contributed by atoms with Crippen molar-refractivity contribution in [3.63, 3.8) is 0 Å². The smallest absolute Gasteiger partial charge is 0.254 e. The number of carbonyl (C=O) groups excluding carboxylic acids is 1. The van der Waals surface area contributed by atoms with Crippen LogP contribution in [-0.4, -0.2) is 43.5 Å². The molecule has 0 aliphatic heterocycles. The number of hydrogen-bond acceptors (Lipinski definition) is 2. The third kappa shape index (κ3) is 5.03. The predicted molar refractivity (Wildman–Crippen MR) is 85.4 cm³/mol. The summed E-state index contributed by atoms with van der Waals surface area (Å²) in [5.74, 6) is 0.454. The molecule has 0 N–H and O–H groups in total. The molecule has 0 fully saturated rings. The second-order valence-corrected chi connectivity index (χ2v) is 6.13. The summed E-state index contributed by atoms with van der Waals surface area (Å²) in [4.78, 5) is 13.8. The quantitative estimate of drug-likeness (QED) is 0.381. The van der Waals surface area contributed by atoms with Crippen molar-refractivity contribution in [2.24, 2.45) is 0 Å². The minimum Gasteiger partial charge on any atom is -0.378 e. The summed E-state index contributed by atoms with van der Waals surface area (Å²) in [6, 6.07) is 5.70. The van der Waals surface area contributed by atoms with E-state index in [1.807, 2.05) is 18.2 Å². The molecular weight excluding hydrogens is 432 g/mol. The summed E-state index contributed by atoms with van der Waals surface area (Å²) >= 11 is 11.1. The van der Waals surface area contributed by atoms with Gasteiger partial charge < -0.3 is 9.64 Å². The molecule has 0 aliphatic rings. The minimum atomic E-state index is -0.0186. The molecule has 0 aromatic heterocycles. The lowest BCUT2D eigenvalue weighted by Gasteiger charge is -2.18. The fourth-order valence-corrected chi connectivity index (χ4v) is 2.34. The molecule has 1 amide bonds. The standard InChI is InChI=1S/C12H14BrClINO2/c1-16(5-7-18-6-4-14)12(17)10-8-9(15)2-3-11(10)13/h2-3,8H,4-7H2,1H3. The monoisotopic (exact) mass is 445 g/mol. The van der Waals surface area contributed by atoms with E-state index in [0.717, 1.165) is 8.04 Å². The SMILES string of the molecule is CN(CCOCCCl)C(=O)c1cc(I)ccc1Br. The second kappa shape index (κ2) is 8.35. The van der Waals surface area contributed by atoms with Crippen LogP contribution in [0, 0.1) is 3.57 Å². The molecule has 0 bridgehead atoms. The molecule has 6 heteroatoms. The van der Waals surface area contributed by atoms with E-state index in [9.17, 15) is 4.79 Å². The molecule has 0 atom stereocenters. The van der Waals surface area contributed by atoms with Crippen molar-refractivity contribution in [2.45, 2.75) is 0 Å². The summed E-state index contributed by atoms with van der Waals surface area (Å²) in [5.41, 5.74) is 0.668. The number of rotatable bonds is 6. The van der Waals surface area contributed by atoms with Gasteiger partial charge in [-0.15, -0.1) is 11.6 Å². The summed E-state index contributed by atoms with van der Waals surface area (Å²) in [6.07, 6.45) is 0. The minimum absolute atomic E-state index is 0.0186. The lowest BCUT2D eigenvalue weighted by atomic mass is 10.2. The molecular formula is C12H14BrClINO2. The molecule has 0 radical (unpaired) electrons. The maximum Gasteiger partial charge on any atom is 0.254 e. The van der Waals surface area contributed by atoms with E-state index < -0.39 is 0 Å². The molecule has 1 aromatic carbocycles. The molecule has 1 aromatic rings. The number of likely N-dealkylation sites (N-methyl/N-ethyl adjacent to an activating group) is 1. The van der Waals surface area contributed by atoms with E-state index >= 15 is 0 Å². The van der Waals surface area contributed by atoms with E-state index in [2.05, 4.69) is 38.5 Å². The van der Waals surface area contributed by atoms with Crippen molar-refractivity contribution in [3.05, 3.63) is 31.8 Å². The Morgan fingerprint density at radius 1 is 1.50 bits per heavy atom. The molecule has 0 spiro atoms. The Labute approximate surface area is 134 Å². The van der Waals surface area contributed by atoms with Gasteiger partial charge in [-0.25, -0.2) is 0 Å². The third-order valence-electron chi connectivity index (χ3n) is 2.30. The van der Waals surface area contributed by atoms with E-state index in [0.29, 0.717) is 31.2 Å². The van der Waals surface area contributed by atoms with Crippen LogP contribution in [0.25, 0.3) is 0 Å². The molecule has 0 aliphatic carbocycles. The summed E-state index contributed by atoms with van der Waals surface area (Å²) in [5, 5.41) is 0. The number of halogens is 3. The Hall–Kier alpha value is 0.150. The summed E-state index contributed by atoms with van der Waals surface area (Å²) < 4.78 is 7.09. The van der Waals surface area contributed by atoms with Crippen molar-refractivity contribution in [1.29, 1.82) is 0 Å². The van der Waals surface area contributed by atoms with Crippen LogP contribution in [0.2, 0.25) is 0 Å². The molecule has 18 heavy (non-hydrogen) atoms. The third-order valence-corrected chi connectivity index (χ3v) is 3.81. The van der Waals surface area contributed by atoms with Gasteiger partial charge in [0.05, 0.1) is 18.8 Å². The van der Waals surface area contributed by atoms with Crippen molar-refractivity contribution in [1.82, 2.24) is 4.90 Å². The van der Waals surface area contributed by atoms with E-state index in [4.69, 9.17) is 16.3 Å². The lowest BCUT2D eigenvalue weighted by Crippen LogP contribution is -2.30. The van der Waals surface area contributed by atoms with Gasteiger partial charge in [0.25, 0.3) is 5.91 Å². The summed E-state index contributed by atoms with van der Waals surface area (Å²) in [7, 11) is 1.76. The van der Waals surface area contributed by atoms with Crippen LogP contribution in [0.5, 0.6) is 0 Å². The normalized spacial score (nSPS) is 10.4. The highest BCUT2D eigenvalue weighted by Gasteiger charge is 2.14. The van der Waals surface area contributed by atoms with Crippen LogP contribution in [0.15, 0.2) is 22.7 Å². The van der Waals surface area contributed by atoms with Crippen molar-refractivity contribution < 1.29 is 9.53 Å². The van der Waals surface area contributed by atoms with Gasteiger partial charge in [0, 0.05) is 27.5 Å². The van der Waals surface area contributed by atoms with Gasteiger partial charge in [0.15, 0.2) is 0 Å². The summed E-state index contributed by atoms with van der Waals surface area (Å²) in [6.45, 7) is 1.56. The number of amides is 1. The number of alkyl halides is 1. The largest absolute Gasteiger partial charge is 0.378 e. The number of ether oxygens (including phenoxy) is 1. The zero-order valence-corrected chi connectivity index (χ0v) is 14.5. The Morgan fingerprint density at radius 2 is 2.22 bits per heavy atom. The van der Waals surface area contributed by atoms with Crippen molar-refractivity contribution in [2.75, 3.05) is 32.7 Å². The first-order valence-corrected chi connectivity index (χ1v) is 7.81. The molecule has 0 saturated heterocycles. The first kappa shape index (κ1) is 16.2. The van der Waals surface area contributed by atoms with Gasteiger partial charge >= 0.3 is 0 Å². The topological polar surface area (TPSA) is 29.5 Å². The van der Waals surface area contributed by atoms with Crippen LogP contribution in [0.3, 0.4) is 0 Å². The highest BCUT2D eigenvalue weighted by atomic mass is 127. The second-order valence-electron chi connectivity index (χ2n) is 3.65. The molecule has 1 rings (SSSR count). The number of benzene rings is 1. The Balaban J connectivity index is 2.60. The van der Waals surface area contributed by atoms with Crippen LogP contribution in [0.1, 0.15) is 10.4 Å². The van der Waals surface area contributed by atoms with Gasteiger partial charge in [-0.1, -0.05) is 0 Å².